The summed E-state index contributed by atoms with van der Waals surface area (Å²) >= 11 is 7.04. The molecule has 2 aromatic carbocycles. The number of ether oxygens (including phenoxy) is 2. The first-order chi connectivity index (χ1) is 14.5. The van der Waals surface area contributed by atoms with Crippen LogP contribution in [0.1, 0.15) is 30.4 Å². The molecule has 30 heavy (non-hydrogen) atoms. The molecule has 2 aromatic rings. The van der Waals surface area contributed by atoms with Gasteiger partial charge in [0.2, 0.25) is 0 Å². The molecule has 0 unspecified atom stereocenters. The molecule has 2 aliphatic heterocycles. The highest BCUT2D eigenvalue weighted by Gasteiger charge is 2.52. The number of carbonyl (C=O) groups is 2. The molecule has 0 saturated carbocycles. The SMILES string of the molecule is COC(=O)[C@H]1[C@H]2CC[C@@H](C[C@H]1OC(=O)C(Cl)(c1ccccc1)c1ccccc1)N2C. The lowest BCUT2D eigenvalue weighted by Gasteiger charge is -2.41. The predicted octanol–water partition coefficient (Wildman–Crippen LogP) is 3.74. The van der Waals surface area contributed by atoms with E-state index in [1.807, 2.05) is 67.7 Å². The summed E-state index contributed by atoms with van der Waals surface area (Å²) in [6.07, 6.45) is 1.89. The minimum absolute atomic E-state index is 0.00664. The van der Waals surface area contributed by atoms with E-state index in [1.165, 1.54) is 7.11 Å². The van der Waals surface area contributed by atoms with Crippen molar-refractivity contribution in [3.63, 3.8) is 0 Å². The highest BCUT2D eigenvalue weighted by Crippen LogP contribution is 2.43. The van der Waals surface area contributed by atoms with Gasteiger partial charge in [0.05, 0.1) is 7.11 Å². The molecule has 2 bridgehead atoms. The van der Waals surface area contributed by atoms with Gasteiger partial charge in [-0.3, -0.25) is 9.69 Å². The van der Waals surface area contributed by atoms with Crippen LogP contribution in [0.25, 0.3) is 0 Å². The summed E-state index contributed by atoms with van der Waals surface area (Å²) in [5.74, 6) is -1.43. The van der Waals surface area contributed by atoms with Crippen molar-refractivity contribution < 1.29 is 19.1 Å². The van der Waals surface area contributed by atoms with Crippen LogP contribution in [0.3, 0.4) is 0 Å². The minimum Gasteiger partial charge on any atom is -0.469 e. The van der Waals surface area contributed by atoms with E-state index in [4.69, 9.17) is 21.1 Å². The zero-order chi connectivity index (χ0) is 21.3. The Morgan fingerprint density at radius 2 is 1.57 bits per heavy atom. The maximum absolute atomic E-state index is 13.6. The topological polar surface area (TPSA) is 55.8 Å². The van der Waals surface area contributed by atoms with E-state index in [9.17, 15) is 9.59 Å². The van der Waals surface area contributed by atoms with Gasteiger partial charge in [0.1, 0.15) is 12.0 Å². The van der Waals surface area contributed by atoms with Crippen molar-refractivity contribution in [2.75, 3.05) is 14.2 Å². The third-order valence-electron chi connectivity index (χ3n) is 6.57. The number of alkyl halides is 1. The Kier molecular flexibility index (Phi) is 5.85. The Morgan fingerprint density at radius 1 is 1.00 bits per heavy atom. The molecule has 4 rings (SSSR count). The van der Waals surface area contributed by atoms with Gasteiger partial charge in [-0.2, -0.15) is 0 Å². The van der Waals surface area contributed by atoms with Gasteiger partial charge in [-0.15, -0.1) is 0 Å². The van der Waals surface area contributed by atoms with Gasteiger partial charge in [0, 0.05) is 18.5 Å². The molecule has 2 fully saturated rings. The molecule has 6 heteroatoms. The molecule has 2 saturated heterocycles. The zero-order valence-electron chi connectivity index (χ0n) is 17.2. The Morgan fingerprint density at radius 3 is 2.10 bits per heavy atom. The number of hydrogen-bond donors (Lipinski definition) is 0. The normalized spacial score (nSPS) is 26.2. The smallest absolute Gasteiger partial charge is 0.336 e. The molecule has 2 aliphatic rings. The number of piperidine rings is 1. The average molecular weight is 428 g/mol. The van der Waals surface area contributed by atoms with Crippen LogP contribution in [0.5, 0.6) is 0 Å². The van der Waals surface area contributed by atoms with E-state index in [2.05, 4.69) is 4.90 Å². The van der Waals surface area contributed by atoms with Crippen LogP contribution in [0.15, 0.2) is 60.7 Å². The Balaban J connectivity index is 1.68. The van der Waals surface area contributed by atoms with Crippen LogP contribution in [-0.4, -0.2) is 49.2 Å². The van der Waals surface area contributed by atoms with Crippen molar-refractivity contribution >= 4 is 23.5 Å². The van der Waals surface area contributed by atoms with Crippen molar-refractivity contribution in [3.05, 3.63) is 71.8 Å². The maximum atomic E-state index is 13.6. The lowest BCUT2D eigenvalue weighted by molar-refractivity contribution is -0.169. The van der Waals surface area contributed by atoms with Crippen molar-refractivity contribution in [2.45, 2.75) is 42.3 Å². The summed E-state index contributed by atoms with van der Waals surface area (Å²) in [5.41, 5.74) is 1.27. The highest BCUT2D eigenvalue weighted by atomic mass is 35.5. The average Bonchev–Trinajstić information content (AvgIpc) is 3.02. The highest BCUT2D eigenvalue weighted by molar-refractivity contribution is 6.36. The number of hydrogen-bond acceptors (Lipinski definition) is 5. The number of halogens is 1. The van der Waals surface area contributed by atoms with Crippen LogP contribution in [0.2, 0.25) is 0 Å². The number of benzene rings is 2. The quantitative estimate of drug-likeness (QED) is 0.537. The molecule has 4 atom stereocenters. The van der Waals surface area contributed by atoms with Crippen LogP contribution >= 0.6 is 11.6 Å². The molecule has 0 spiro atoms. The molecular formula is C24H26ClNO4. The molecule has 158 valence electrons. The van der Waals surface area contributed by atoms with E-state index in [0.717, 1.165) is 12.8 Å². The molecule has 2 heterocycles. The van der Waals surface area contributed by atoms with Gasteiger partial charge in [-0.1, -0.05) is 72.3 Å². The first kappa shape index (κ1) is 20.9. The largest absolute Gasteiger partial charge is 0.469 e. The number of methoxy groups -OCH3 is 1. The van der Waals surface area contributed by atoms with Crippen LogP contribution in [-0.2, 0) is 23.9 Å². The second-order valence-corrected chi connectivity index (χ2v) is 8.65. The van der Waals surface area contributed by atoms with E-state index in [1.54, 1.807) is 0 Å². The number of rotatable bonds is 5. The van der Waals surface area contributed by atoms with Crippen molar-refractivity contribution in [3.8, 4) is 0 Å². The van der Waals surface area contributed by atoms with Crippen molar-refractivity contribution in [1.82, 2.24) is 4.90 Å². The number of fused-ring (bicyclic) bond motifs is 2. The standard InChI is InChI=1S/C24H26ClNO4/c1-26-18-13-14-19(26)21(22(27)29-2)20(15-18)30-23(28)24(25,16-9-5-3-6-10-16)17-11-7-4-8-12-17/h3-12,18-21H,13-15H2,1-2H3/t18-,19+,20+,21-/m0/s1. The molecule has 0 amide bonds. The van der Waals surface area contributed by atoms with E-state index in [0.29, 0.717) is 17.5 Å². The fourth-order valence-corrected chi connectivity index (χ4v) is 5.24. The van der Waals surface area contributed by atoms with Gasteiger partial charge >= 0.3 is 11.9 Å². The Bertz CT molecular complexity index is 864. The van der Waals surface area contributed by atoms with Crippen molar-refractivity contribution in [2.24, 2.45) is 5.92 Å². The fraction of sp³-hybridized carbons (Fsp3) is 0.417. The molecule has 0 N–H and O–H groups in total. The third-order valence-corrected chi connectivity index (χ3v) is 7.16. The monoisotopic (exact) mass is 427 g/mol. The lowest BCUT2D eigenvalue weighted by atomic mass is 9.86. The summed E-state index contributed by atoms with van der Waals surface area (Å²) in [6.45, 7) is 0. The summed E-state index contributed by atoms with van der Waals surface area (Å²) in [7, 11) is 3.40. The molecule has 0 aromatic heterocycles. The summed E-state index contributed by atoms with van der Waals surface area (Å²) in [4.78, 5) is 26.9. The Labute approximate surface area is 181 Å². The number of carbonyl (C=O) groups excluding carboxylic acids is 2. The number of esters is 2. The van der Waals surface area contributed by atoms with Crippen molar-refractivity contribution in [1.29, 1.82) is 0 Å². The lowest BCUT2D eigenvalue weighted by Crippen LogP contribution is -2.54. The van der Waals surface area contributed by atoms with Gasteiger partial charge in [0.15, 0.2) is 4.87 Å². The maximum Gasteiger partial charge on any atom is 0.336 e. The summed E-state index contributed by atoms with van der Waals surface area (Å²) in [5, 5.41) is 0. The first-order valence-corrected chi connectivity index (χ1v) is 10.7. The zero-order valence-corrected chi connectivity index (χ0v) is 17.9. The van der Waals surface area contributed by atoms with Gasteiger partial charge < -0.3 is 9.47 Å². The van der Waals surface area contributed by atoms with Gasteiger partial charge in [0.25, 0.3) is 0 Å². The minimum atomic E-state index is -1.49. The molecule has 0 aliphatic carbocycles. The molecule has 0 radical (unpaired) electrons. The van der Waals surface area contributed by atoms with E-state index < -0.39 is 22.9 Å². The fourth-order valence-electron chi connectivity index (χ4n) is 4.94. The third kappa shape index (κ3) is 3.50. The second kappa shape index (κ2) is 8.40. The van der Waals surface area contributed by atoms with E-state index in [-0.39, 0.29) is 18.1 Å². The van der Waals surface area contributed by atoms with E-state index >= 15 is 0 Å². The number of nitrogens with zero attached hydrogens (tertiary/aromatic N) is 1. The predicted molar refractivity (Wildman–Crippen MR) is 114 cm³/mol. The molecular weight excluding hydrogens is 402 g/mol. The van der Waals surface area contributed by atoms with Gasteiger partial charge in [-0.25, -0.2) is 4.79 Å². The van der Waals surface area contributed by atoms with Crippen LogP contribution in [0.4, 0.5) is 0 Å². The van der Waals surface area contributed by atoms with Crippen LogP contribution in [0, 0.1) is 5.92 Å². The Hall–Kier alpha value is -2.37. The first-order valence-electron chi connectivity index (χ1n) is 10.3. The summed E-state index contributed by atoms with van der Waals surface area (Å²) in [6, 6.07) is 18.7. The van der Waals surface area contributed by atoms with Crippen LogP contribution < -0.4 is 0 Å². The summed E-state index contributed by atoms with van der Waals surface area (Å²) < 4.78 is 11.1. The van der Waals surface area contributed by atoms with Gasteiger partial charge in [-0.05, 0) is 31.0 Å². The second-order valence-electron chi connectivity index (χ2n) is 8.08. The molecule has 5 nitrogen and oxygen atoms in total.